The number of carbonyl (C=O) groups is 2. The van der Waals surface area contributed by atoms with Gasteiger partial charge in [0.2, 0.25) is 5.91 Å². The van der Waals surface area contributed by atoms with Crippen LogP contribution in [0.2, 0.25) is 0 Å². The first-order valence-electron chi connectivity index (χ1n) is 6.53. The minimum atomic E-state index is -0.421. The predicted molar refractivity (Wildman–Crippen MR) is 70.0 cm³/mol. The van der Waals surface area contributed by atoms with E-state index in [2.05, 4.69) is 10.6 Å². The van der Waals surface area contributed by atoms with Gasteiger partial charge in [0.15, 0.2) is 0 Å². The molecular formula is C12H24N4O2. The number of carbonyl (C=O) groups excluding carboxylic acids is 2. The molecule has 1 aliphatic rings. The fourth-order valence-corrected chi connectivity index (χ4v) is 1.95. The molecule has 0 bridgehead atoms. The predicted octanol–water partition coefficient (Wildman–Crippen LogP) is -0.109. The van der Waals surface area contributed by atoms with Gasteiger partial charge in [0, 0.05) is 19.1 Å². The van der Waals surface area contributed by atoms with E-state index in [1.54, 1.807) is 0 Å². The fourth-order valence-electron chi connectivity index (χ4n) is 1.95. The molecule has 0 unspecified atom stereocenters. The highest BCUT2D eigenvalue weighted by Crippen LogP contribution is 2.07. The summed E-state index contributed by atoms with van der Waals surface area (Å²) in [6.45, 7) is 6.39. The SMILES string of the molecule is CC(C)CNC(=O)NC(=O)CN1CCC[C@@H](N)C1. The molecule has 0 aromatic rings. The Morgan fingerprint density at radius 3 is 2.78 bits per heavy atom. The summed E-state index contributed by atoms with van der Waals surface area (Å²) in [7, 11) is 0. The van der Waals surface area contributed by atoms with Crippen LogP contribution in [0.25, 0.3) is 0 Å². The van der Waals surface area contributed by atoms with Gasteiger partial charge in [0.05, 0.1) is 6.54 Å². The van der Waals surface area contributed by atoms with E-state index in [-0.39, 0.29) is 18.5 Å². The van der Waals surface area contributed by atoms with Crippen molar-refractivity contribution in [2.75, 3.05) is 26.2 Å². The first kappa shape index (κ1) is 14.9. The van der Waals surface area contributed by atoms with E-state index >= 15 is 0 Å². The lowest BCUT2D eigenvalue weighted by molar-refractivity contribution is -0.121. The highest BCUT2D eigenvalue weighted by molar-refractivity contribution is 5.95. The highest BCUT2D eigenvalue weighted by Gasteiger charge is 2.19. The zero-order chi connectivity index (χ0) is 13.5. The van der Waals surface area contributed by atoms with E-state index in [4.69, 9.17) is 5.73 Å². The number of hydrogen-bond donors (Lipinski definition) is 3. The van der Waals surface area contributed by atoms with Crippen molar-refractivity contribution in [2.45, 2.75) is 32.7 Å². The number of nitrogens with zero attached hydrogens (tertiary/aromatic N) is 1. The second kappa shape index (κ2) is 7.33. The second-order valence-corrected chi connectivity index (χ2v) is 5.29. The number of nitrogens with one attached hydrogen (secondary N) is 2. The molecule has 1 aliphatic heterocycles. The Morgan fingerprint density at radius 2 is 2.17 bits per heavy atom. The van der Waals surface area contributed by atoms with Crippen LogP contribution in [0.4, 0.5) is 4.79 Å². The van der Waals surface area contributed by atoms with Crippen LogP contribution in [0.3, 0.4) is 0 Å². The third-order valence-electron chi connectivity index (χ3n) is 2.83. The van der Waals surface area contributed by atoms with E-state index in [0.29, 0.717) is 12.5 Å². The van der Waals surface area contributed by atoms with Gasteiger partial charge < -0.3 is 11.1 Å². The third kappa shape index (κ3) is 5.97. The Labute approximate surface area is 108 Å². The molecule has 0 saturated carbocycles. The third-order valence-corrected chi connectivity index (χ3v) is 2.83. The largest absolute Gasteiger partial charge is 0.338 e. The number of amides is 3. The van der Waals surface area contributed by atoms with Crippen LogP contribution in [0.15, 0.2) is 0 Å². The number of likely N-dealkylation sites (tertiary alicyclic amines) is 1. The molecule has 0 aromatic carbocycles. The van der Waals surface area contributed by atoms with Gasteiger partial charge in [-0.25, -0.2) is 4.79 Å². The van der Waals surface area contributed by atoms with Crippen LogP contribution < -0.4 is 16.4 Å². The normalized spacial score (nSPS) is 20.8. The second-order valence-electron chi connectivity index (χ2n) is 5.29. The van der Waals surface area contributed by atoms with Gasteiger partial charge in [-0.05, 0) is 25.3 Å². The number of nitrogens with two attached hydrogens (primary N) is 1. The van der Waals surface area contributed by atoms with Crippen LogP contribution in [-0.4, -0.2) is 49.1 Å². The monoisotopic (exact) mass is 256 g/mol. The first-order valence-corrected chi connectivity index (χ1v) is 6.53. The van der Waals surface area contributed by atoms with Crippen LogP contribution in [0, 0.1) is 5.92 Å². The molecule has 0 radical (unpaired) electrons. The smallest absolute Gasteiger partial charge is 0.321 e. The molecule has 1 saturated heterocycles. The molecule has 1 rings (SSSR count). The summed E-state index contributed by atoms with van der Waals surface area (Å²) in [6.07, 6.45) is 2.01. The molecule has 104 valence electrons. The molecule has 0 aliphatic carbocycles. The standard InChI is InChI=1S/C12H24N4O2/c1-9(2)6-14-12(18)15-11(17)8-16-5-3-4-10(13)7-16/h9-10H,3-8,13H2,1-2H3,(H2,14,15,17,18)/t10-/m1/s1. The van der Waals surface area contributed by atoms with E-state index < -0.39 is 6.03 Å². The number of imide groups is 1. The Balaban J connectivity index is 2.22. The summed E-state index contributed by atoms with van der Waals surface area (Å²) in [5, 5.41) is 4.97. The van der Waals surface area contributed by atoms with Gasteiger partial charge in [-0.15, -0.1) is 0 Å². The minimum absolute atomic E-state index is 0.140. The Kier molecular flexibility index (Phi) is 6.07. The van der Waals surface area contributed by atoms with Crippen molar-refractivity contribution in [3.8, 4) is 0 Å². The van der Waals surface area contributed by atoms with Crippen molar-refractivity contribution >= 4 is 11.9 Å². The molecule has 18 heavy (non-hydrogen) atoms. The average Bonchev–Trinajstić information content (AvgIpc) is 2.26. The van der Waals surface area contributed by atoms with Crippen molar-refractivity contribution in [2.24, 2.45) is 11.7 Å². The summed E-state index contributed by atoms with van der Waals surface area (Å²) >= 11 is 0. The van der Waals surface area contributed by atoms with Gasteiger partial charge in [0.1, 0.15) is 0 Å². The number of rotatable bonds is 4. The van der Waals surface area contributed by atoms with E-state index in [0.717, 1.165) is 25.9 Å². The summed E-state index contributed by atoms with van der Waals surface area (Å²) in [5.74, 6) is 0.0938. The summed E-state index contributed by atoms with van der Waals surface area (Å²) in [5.41, 5.74) is 5.83. The highest BCUT2D eigenvalue weighted by atomic mass is 16.2. The molecule has 1 fully saturated rings. The van der Waals surface area contributed by atoms with Crippen molar-refractivity contribution in [1.82, 2.24) is 15.5 Å². The molecule has 1 atom stereocenters. The molecule has 6 nitrogen and oxygen atoms in total. The zero-order valence-corrected chi connectivity index (χ0v) is 11.2. The number of hydrogen-bond acceptors (Lipinski definition) is 4. The molecule has 6 heteroatoms. The fraction of sp³-hybridized carbons (Fsp3) is 0.833. The Hall–Kier alpha value is -1.14. The molecular weight excluding hydrogens is 232 g/mol. The Bertz CT molecular complexity index is 294. The lowest BCUT2D eigenvalue weighted by Gasteiger charge is -2.29. The van der Waals surface area contributed by atoms with Crippen LogP contribution in [0.1, 0.15) is 26.7 Å². The van der Waals surface area contributed by atoms with E-state index in [9.17, 15) is 9.59 Å². The maximum atomic E-state index is 11.6. The van der Waals surface area contributed by atoms with Gasteiger partial charge >= 0.3 is 6.03 Å². The Morgan fingerprint density at radius 1 is 1.44 bits per heavy atom. The van der Waals surface area contributed by atoms with E-state index in [1.165, 1.54) is 0 Å². The lowest BCUT2D eigenvalue weighted by Crippen LogP contribution is -2.49. The maximum absolute atomic E-state index is 11.6. The van der Waals surface area contributed by atoms with Gasteiger partial charge in [-0.2, -0.15) is 0 Å². The van der Waals surface area contributed by atoms with Crippen molar-refractivity contribution in [3.05, 3.63) is 0 Å². The lowest BCUT2D eigenvalue weighted by atomic mass is 10.1. The van der Waals surface area contributed by atoms with Crippen molar-refractivity contribution in [3.63, 3.8) is 0 Å². The molecule has 1 heterocycles. The summed E-state index contributed by atoms with van der Waals surface area (Å²) < 4.78 is 0. The maximum Gasteiger partial charge on any atom is 0.321 e. The average molecular weight is 256 g/mol. The molecule has 0 spiro atoms. The van der Waals surface area contributed by atoms with Crippen molar-refractivity contribution < 1.29 is 9.59 Å². The number of urea groups is 1. The minimum Gasteiger partial charge on any atom is -0.338 e. The quantitative estimate of drug-likeness (QED) is 0.655. The van der Waals surface area contributed by atoms with Crippen LogP contribution in [-0.2, 0) is 4.79 Å². The molecule has 0 aromatic heterocycles. The zero-order valence-electron chi connectivity index (χ0n) is 11.2. The van der Waals surface area contributed by atoms with E-state index in [1.807, 2.05) is 18.7 Å². The summed E-state index contributed by atoms with van der Waals surface area (Å²) in [4.78, 5) is 25.0. The van der Waals surface area contributed by atoms with Crippen LogP contribution >= 0.6 is 0 Å². The van der Waals surface area contributed by atoms with Gasteiger partial charge in [0.25, 0.3) is 0 Å². The van der Waals surface area contributed by atoms with Crippen LogP contribution in [0.5, 0.6) is 0 Å². The number of piperidine rings is 1. The first-order chi connectivity index (χ1) is 8.47. The molecule has 3 amide bonds. The summed E-state index contributed by atoms with van der Waals surface area (Å²) in [6, 6.07) is -0.281. The molecule has 4 N–H and O–H groups in total. The van der Waals surface area contributed by atoms with Gasteiger partial charge in [-0.1, -0.05) is 13.8 Å². The van der Waals surface area contributed by atoms with Crippen molar-refractivity contribution in [1.29, 1.82) is 0 Å². The van der Waals surface area contributed by atoms with Gasteiger partial charge in [-0.3, -0.25) is 15.0 Å². The topological polar surface area (TPSA) is 87.5 Å².